The SMILES string of the molecule is CC(C)c1ccccc1Oc1ccc(N)c2ccncc12. The minimum atomic E-state index is 0.402. The van der Waals surface area contributed by atoms with Gasteiger partial charge in [-0.25, -0.2) is 0 Å². The standard InChI is InChI=1S/C18H18N2O/c1-12(2)13-5-3-4-6-17(13)21-18-8-7-16(19)14-9-10-20-11-15(14)18/h3-12H,19H2,1-2H3. The van der Waals surface area contributed by atoms with E-state index in [0.29, 0.717) is 5.92 Å². The van der Waals surface area contributed by atoms with Gasteiger partial charge in [0, 0.05) is 28.9 Å². The Balaban J connectivity index is 2.09. The highest BCUT2D eigenvalue weighted by Gasteiger charge is 2.10. The number of aromatic nitrogens is 1. The summed E-state index contributed by atoms with van der Waals surface area (Å²) in [4.78, 5) is 4.18. The quantitative estimate of drug-likeness (QED) is 0.704. The molecule has 1 heterocycles. The lowest BCUT2D eigenvalue weighted by molar-refractivity contribution is 0.478. The van der Waals surface area contributed by atoms with Crippen molar-refractivity contribution in [2.45, 2.75) is 19.8 Å². The Morgan fingerprint density at radius 1 is 0.952 bits per heavy atom. The van der Waals surface area contributed by atoms with Crippen LogP contribution in [0.25, 0.3) is 10.8 Å². The van der Waals surface area contributed by atoms with E-state index >= 15 is 0 Å². The van der Waals surface area contributed by atoms with Gasteiger partial charge in [-0.15, -0.1) is 0 Å². The first-order valence-corrected chi connectivity index (χ1v) is 7.06. The smallest absolute Gasteiger partial charge is 0.136 e. The molecule has 0 bridgehead atoms. The Hall–Kier alpha value is -2.55. The van der Waals surface area contributed by atoms with Gasteiger partial charge in [0.1, 0.15) is 11.5 Å². The molecule has 0 radical (unpaired) electrons. The zero-order chi connectivity index (χ0) is 14.8. The van der Waals surface area contributed by atoms with E-state index in [9.17, 15) is 0 Å². The molecule has 0 fully saturated rings. The van der Waals surface area contributed by atoms with Gasteiger partial charge in [-0.2, -0.15) is 0 Å². The van der Waals surface area contributed by atoms with E-state index in [0.717, 1.165) is 28.0 Å². The summed E-state index contributed by atoms with van der Waals surface area (Å²) in [6, 6.07) is 13.8. The Kier molecular flexibility index (Phi) is 3.48. The zero-order valence-electron chi connectivity index (χ0n) is 12.2. The van der Waals surface area contributed by atoms with E-state index in [1.54, 1.807) is 12.4 Å². The van der Waals surface area contributed by atoms with Crippen LogP contribution in [-0.2, 0) is 0 Å². The number of anilines is 1. The molecule has 0 aliphatic heterocycles. The van der Waals surface area contributed by atoms with Gasteiger partial charge in [0.15, 0.2) is 0 Å². The number of ether oxygens (including phenoxy) is 1. The van der Waals surface area contributed by atoms with Crippen molar-refractivity contribution in [2.75, 3.05) is 5.73 Å². The number of benzene rings is 2. The largest absolute Gasteiger partial charge is 0.456 e. The molecule has 0 saturated carbocycles. The summed E-state index contributed by atoms with van der Waals surface area (Å²) in [6.07, 6.45) is 3.53. The van der Waals surface area contributed by atoms with Crippen LogP contribution in [0, 0.1) is 0 Å². The van der Waals surface area contributed by atoms with E-state index in [-0.39, 0.29) is 0 Å². The lowest BCUT2D eigenvalue weighted by atomic mass is 10.0. The molecule has 3 aromatic rings. The molecule has 106 valence electrons. The molecular weight excluding hydrogens is 260 g/mol. The number of nitrogen functional groups attached to an aromatic ring is 1. The molecule has 3 heteroatoms. The Bertz CT molecular complexity index is 781. The Morgan fingerprint density at radius 2 is 1.76 bits per heavy atom. The fourth-order valence-corrected chi connectivity index (χ4v) is 2.45. The molecule has 0 spiro atoms. The van der Waals surface area contributed by atoms with Gasteiger partial charge in [0.2, 0.25) is 0 Å². The van der Waals surface area contributed by atoms with E-state index in [1.165, 1.54) is 5.56 Å². The third kappa shape index (κ3) is 2.55. The summed E-state index contributed by atoms with van der Waals surface area (Å²) in [6.45, 7) is 4.32. The first-order valence-electron chi connectivity index (χ1n) is 7.06. The number of hydrogen-bond acceptors (Lipinski definition) is 3. The lowest BCUT2D eigenvalue weighted by Crippen LogP contribution is -1.95. The van der Waals surface area contributed by atoms with Gasteiger partial charge >= 0.3 is 0 Å². The number of rotatable bonds is 3. The highest BCUT2D eigenvalue weighted by atomic mass is 16.5. The lowest BCUT2D eigenvalue weighted by Gasteiger charge is -2.15. The van der Waals surface area contributed by atoms with Gasteiger partial charge in [-0.1, -0.05) is 32.0 Å². The number of hydrogen-bond donors (Lipinski definition) is 1. The van der Waals surface area contributed by atoms with E-state index in [1.807, 2.05) is 36.4 Å². The molecule has 3 rings (SSSR count). The molecule has 0 amide bonds. The summed E-state index contributed by atoms with van der Waals surface area (Å²) in [5, 5.41) is 1.89. The molecule has 3 nitrogen and oxygen atoms in total. The maximum absolute atomic E-state index is 6.14. The van der Waals surface area contributed by atoms with Crippen LogP contribution < -0.4 is 10.5 Å². The van der Waals surface area contributed by atoms with Crippen LogP contribution in [0.2, 0.25) is 0 Å². The van der Waals surface area contributed by atoms with Gasteiger partial charge in [-0.05, 0) is 35.7 Å². The van der Waals surface area contributed by atoms with Crippen molar-refractivity contribution >= 4 is 16.5 Å². The van der Waals surface area contributed by atoms with Crippen molar-refractivity contribution in [2.24, 2.45) is 0 Å². The third-order valence-corrected chi connectivity index (χ3v) is 3.57. The van der Waals surface area contributed by atoms with Crippen molar-refractivity contribution in [3.05, 3.63) is 60.4 Å². The molecule has 21 heavy (non-hydrogen) atoms. The van der Waals surface area contributed by atoms with Gasteiger partial charge in [-0.3, -0.25) is 4.98 Å². The highest BCUT2D eigenvalue weighted by Crippen LogP contribution is 2.35. The Labute approximate surface area is 124 Å². The van der Waals surface area contributed by atoms with E-state index in [4.69, 9.17) is 10.5 Å². The third-order valence-electron chi connectivity index (χ3n) is 3.57. The van der Waals surface area contributed by atoms with Crippen molar-refractivity contribution in [3.63, 3.8) is 0 Å². The summed E-state index contributed by atoms with van der Waals surface area (Å²) in [5.41, 5.74) is 7.93. The van der Waals surface area contributed by atoms with Gasteiger partial charge < -0.3 is 10.5 Å². The molecule has 0 atom stereocenters. The molecule has 2 aromatic carbocycles. The maximum Gasteiger partial charge on any atom is 0.136 e. The normalized spacial score (nSPS) is 11.0. The number of nitrogens with two attached hydrogens (primary N) is 1. The number of pyridine rings is 1. The topological polar surface area (TPSA) is 48.1 Å². The Morgan fingerprint density at radius 3 is 2.57 bits per heavy atom. The van der Waals surface area contributed by atoms with Gasteiger partial charge in [0.25, 0.3) is 0 Å². The van der Waals surface area contributed by atoms with Crippen LogP contribution in [0.4, 0.5) is 5.69 Å². The van der Waals surface area contributed by atoms with E-state index in [2.05, 4.69) is 24.9 Å². The predicted octanol–water partition coefficient (Wildman–Crippen LogP) is 4.73. The van der Waals surface area contributed by atoms with Crippen LogP contribution in [0.3, 0.4) is 0 Å². The highest BCUT2D eigenvalue weighted by molar-refractivity contribution is 5.96. The minimum Gasteiger partial charge on any atom is -0.456 e. The monoisotopic (exact) mass is 278 g/mol. The second-order valence-corrected chi connectivity index (χ2v) is 5.37. The molecular formula is C18H18N2O. The molecule has 0 unspecified atom stereocenters. The number of para-hydroxylation sites is 1. The average Bonchev–Trinajstić information content (AvgIpc) is 2.51. The van der Waals surface area contributed by atoms with Gasteiger partial charge in [0.05, 0.1) is 0 Å². The number of fused-ring (bicyclic) bond motifs is 1. The minimum absolute atomic E-state index is 0.402. The molecule has 0 saturated heterocycles. The maximum atomic E-state index is 6.14. The summed E-state index contributed by atoms with van der Waals surface area (Å²) in [5.74, 6) is 2.06. The van der Waals surface area contributed by atoms with Crippen molar-refractivity contribution < 1.29 is 4.74 Å². The first kappa shape index (κ1) is 13.4. The fourth-order valence-electron chi connectivity index (χ4n) is 2.45. The fraction of sp³-hybridized carbons (Fsp3) is 0.167. The summed E-state index contributed by atoms with van der Waals surface area (Å²) >= 11 is 0. The molecule has 1 aromatic heterocycles. The zero-order valence-corrected chi connectivity index (χ0v) is 12.2. The molecule has 0 aliphatic rings. The van der Waals surface area contributed by atoms with Crippen LogP contribution in [-0.4, -0.2) is 4.98 Å². The van der Waals surface area contributed by atoms with Crippen molar-refractivity contribution in [3.8, 4) is 11.5 Å². The predicted molar refractivity (Wildman–Crippen MR) is 86.8 cm³/mol. The first-order chi connectivity index (χ1) is 10.2. The van der Waals surface area contributed by atoms with Crippen LogP contribution >= 0.6 is 0 Å². The second kappa shape index (κ2) is 5.44. The molecule has 2 N–H and O–H groups in total. The average molecular weight is 278 g/mol. The summed E-state index contributed by atoms with van der Waals surface area (Å²) < 4.78 is 6.14. The van der Waals surface area contributed by atoms with Crippen LogP contribution in [0.1, 0.15) is 25.3 Å². The number of nitrogens with zero attached hydrogens (tertiary/aromatic N) is 1. The molecule has 0 aliphatic carbocycles. The van der Waals surface area contributed by atoms with E-state index < -0.39 is 0 Å². The van der Waals surface area contributed by atoms with Crippen molar-refractivity contribution in [1.82, 2.24) is 4.98 Å². The van der Waals surface area contributed by atoms with Crippen LogP contribution in [0.15, 0.2) is 54.9 Å². The van der Waals surface area contributed by atoms with Crippen molar-refractivity contribution in [1.29, 1.82) is 0 Å². The summed E-state index contributed by atoms with van der Waals surface area (Å²) in [7, 11) is 0. The van der Waals surface area contributed by atoms with Crippen LogP contribution in [0.5, 0.6) is 11.5 Å². The second-order valence-electron chi connectivity index (χ2n) is 5.37.